The number of hydrogen-bond acceptors (Lipinski definition) is 1. The Kier molecular flexibility index (Phi) is 8.10. The molecule has 5 heteroatoms. The fourth-order valence-electron chi connectivity index (χ4n) is 0.337. The summed E-state index contributed by atoms with van der Waals surface area (Å²) in [4.78, 5) is 0. The van der Waals surface area contributed by atoms with E-state index >= 15 is 0 Å². The fraction of sp³-hybridized carbons (Fsp3) is 0.333. The second-order valence-corrected chi connectivity index (χ2v) is 18.3. The van der Waals surface area contributed by atoms with Crippen molar-refractivity contribution >= 4 is 37.4 Å². The lowest BCUT2D eigenvalue weighted by atomic mass is 10.8. The van der Waals surface area contributed by atoms with E-state index < -0.39 is 0 Å². The summed E-state index contributed by atoms with van der Waals surface area (Å²) in [6.07, 6.45) is 1.96. The van der Waals surface area contributed by atoms with E-state index in [2.05, 4.69) is 6.58 Å². The van der Waals surface area contributed by atoms with Crippen LogP contribution in [0.2, 0.25) is 6.04 Å². The van der Waals surface area contributed by atoms with Gasteiger partial charge in [-0.25, -0.2) is 0 Å². The maximum Gasteiger partial charge on any atom is 0.181 e. The lowest BCUT2D eigenvalue weighted by molar-refractivity contribution is 0.658. The van der Waals surface area contributed by atoms with Crippen molar-refractivity contribution in [3.05, 3.63) is 12.7 Å². The monoisotopic (exact) mass is 177 g/mol. The van der Waals surface area contributed by atoms with E-state index in [-0.39, 0.29) is 9.28 Å². The van der Waals surface area contributed by atoms with E-state index in [0.29, 0.717) is 18.3 Å². The quantitative estimate of drug-likeness (QED) is 0.254. The van der Waals surface area contributed by atoms with Crippen LogP contribution < -0.4 is 0 Å². The van der Waals surface area contributed by atoms with Crippen molar-refractivity contribution < 1.29 is 4.12 Å². The van der Waals surface area contributed by atoms with Gasteiger partial charge in [0.1, 0.15) is 9.28 Å². The zero-order valence-electron chi connectivity index (χ0n) is 5.39. The van der Waals surface area contributed by atoms with Crippen molar-refractivity contribution in [1.29, 1.82) is 0 Å². The van der Waals surface area contributed by atoms with Crippen LogP contribution in [0.1, 0.15) is 0 Å². The number of allylic oxidation sites excluding steroid dienone is 1. The molecular weight excluding hydrogens is 164 g/mol. The van der Waals surface area contributed by atoms with Gasteiger partial charge < -0.3 is 4.12 Å². The number of rotatable bonds is 5. The van der Waals surface area contributed by atoms with Crippen LogP contribution >= 0.6 is 0 Å². The summed E-state index contributed by atoms with van der Waals surface area (Å²) >= 11 is 0. The molecule has 0 atom stereocenters. The summed E-state index contributed by atoms with van der Waals surface area (Å²) in [5.74, 6) is 0. The third-order valence-corrected chi connectivity index (χ3v) is 10.5. The smallest absolute Gasteiger partial charge is 0.181 e. The molecule has 0 rings (SSSR count). The molecule has 0 aliphatic carbocycles. The Hall–Kier alpha value is 0.568. The van der Waals surface area contributed by atoms with Crippen LogP contribution in [-0.4, -0.2) is 37.4 Å². The Morgan fingerprint density at radius 3 is 3.12 bits per heavy atom. The molecule has 0 unspecified atom stereocenters. The third kappa shape index (κ3) is 6.57. The molecule has 1 nitrogen and oxygen atoms in total. The molecule has 0 spiro atoms. The Morgan fingerprint density at radius 1 is 1.88 bits per heavy atom. The second kappa shape index (κ2) is 7.57. The third-order valence-electron chi connectivity index (χ3n) is 0.703. The van der Waals surface area contributed by atoms with Gasteiger partial charge in [0.2, 0.25) is 0 Å². The van der Waals surface area contributed by atoms with Crippen LogP contribution in [0.4, 0.5) is 0 Å². The molecular formula is C3H13OSi4. The van der Waals surface area contributed by atoms with Gasteiger partial charge in [-0.05, 0) is 15.8 Å². The molecule has 0 bridgehead atoms. The van der Waals surface area contributed by atoms with Gasteiger partial charge in [-0.1, -0.05) is 6.08 Å². The van der Waals surface area contributed by atoms with E-state index in [1.165, 1.54) is 9.76 Å². The molecule has 47 valence electrons. The van der Waals surface area contributed by atoms with E-state index in [1.807, 2.05) is 6.08 Å². The highest BCUT2D eigenvalue weighted by molar-refractivity contribution is 7.22. The Morgan fingerprint density at radius 2 is 2.62 bits per heavy atom. The van der Waals surface area contributed by atoms with Gasteiger partial charge in [0, 0.05) is 8.55 Å². The van der Waals surface area contributed by atoms with Gasteiger partial charge >= 0.3 is 0 Å². The molecule has 0 aromatic rings. The topological polar surface area (TPSA) is 9.23 Å². The predicted molar refractivity (Wildman–Crippen MR) is 50.3 cm³/mol. The normalized spacial score (nSPS) is 12.5. The van der Waals surface area contributed by atoms with Crippen LogP contribution in [0.25, 0.3) is 0 Å². The standard InChI is InChI=1S/C3H13OSi4/c1-2-3-6-4-7-8-5/h2,6H,1,3,7-8H2,5H3. The van der Waals surface area contributed by atoms with Crippen molar-refractivity contribution in [1.82, 2.24) is 0 Å². The first-order valence-corrected chi connectivity index (χ1v) is 14.5. The highest BCUT2D eigenvalue weighted by Gasteiger charge is 1.83. The minimum Gasteiger partial charge on any atom is -0.466 e. The van der Waals surface area contributed by atoms with Crippen molar-refractivity contribution in [3.8, 4) is 0 Å². The maximum absolute atomic E-state index is 5.47. The average Bonchev–Trinajstić information content (AvgIpc) is 1.81. The Labute approximate surface area is 60.6 Å². The maximum atomic E-state index is 5.47. The van der Waals surface area contributed by atoms with Crippen molar-refractivity contribution in [2.75, 3.05) is 0 Å². The van der Waals surface area contributed by atoms with Crippen molar-refractivity contribution in [2.24, 2.45) is 0 Å². The van der Waals surface area contributed by atoms with Gasteiger partial charge in [-0.3, -0.25) is 0 Å². The second-order valence-electron chi connectivity index (χ2n) is 1.56. The van der Waals surface area contributed by atoms with Gasteiger partial charge in [0.05, 0.1) is 0 Å². The molecule has 0 fully saturated rings. The minimum atomic E-state index is 0.0913. The number of hydrogen-bond donors (Lipinski definition) is 0. The Balaban J connectivity index is 2.62. The Bertz CT molecular complexity index is 57.2. The summed E-state index contributed by atoms with van der Waals surface area (Å²) in [5.41, 5.74) is 0. The van der Waals surface area contributed by atoms with Crippen LogP contribution in [-0.2, 0) is 4.12 Å². The van der Waals surface area contributed by atoms with Gasteiger partial charge in [-0.2, -0.15) is 0 Å². The summed E-state index contributed by atoms with van der Waals surface area (Å²) in [7, 11) is 2.31. The van der Waals surface area contributed by atoms with Crippen LogP contribution in [0.5, 0.6) is 0 Å². The van der Waals surface area contributed by atoms with Crippen LogP contribution in [0.3, 0.4) is 0 Å². The molecule has 0 amide bonds. The fourth-order valence-corrected chi connectivity index (χ4v) is 12.6. The zero-order chi connectivity index (χ0) is 6.24. The zero-order valence-corrected chi connectivity index (χ0v) is 11.4. The lowest BCUT2D eigenvalue weighted by Crippen LogP contribution is -2.10. The predicted octanol–water partition coefficient (Wildman–Crippen LogP) is -2.59. The molecule has 0 heterocycles. The molecule has 0 aromatic heterocycles. The van der Waals surface area contributed by atoms with Crippen LogP contribution in [0, 0.1) is 0 Å². The molecule has 0 N–H and O–H groups in total. The van der Waals surface area contributed by atoms with Gasteiger partial charge in [-0.15, -0.1) is 6.58 Å². The van der Waals surface area contributed by atoms with E-state index in [9.17, 15) is 0 Å². The van der Waals surface area contributed by atoms with E-state index in [0.717, 1.165) is 6.04 Å². The molecule has 0 saturated carbocycles. The van der Waals surface area contributed by atoms with E-state index in [1.54, 1.807) is 0 Å². The first-order chi connectivity index (χ1) is 3.91. The van der Waals surface area contributed by atoms with E-state index in [4.69, 9.17) is 4.12 Å². The highest BCUT2D eigenvalue weighted by Crippen LogP contribution is 1.76. The average molecular weight is 177 g/mol. The molecule has 1 radical (unpaired) electrons. The van der Waals surface area contributed by atoms with Crippen molar-refractivity contribution in [3.63, 3.8) is 0 Å². The van der Waals surface area contributed by atoms with Gasteiger partial charge in [0.15, 0.2) is 9.76 Å². The highest BCUT2D eigenvalue weighted by atomic mass is 29.5. The van der Waals surface area contributed by atoms with Crippen molar-refractivity contribution in [2.45, 2.75) is 6.04 Å². The first kappa shape index (κ1) is 8.57. The SMILES string of the molecule is C=CC[SiH]O[SiH2][SiH2][SiH3]. The summed E-state index contributed by atoms with van der Waals surface area (Å²) in [6.45, 7) is 3.63. The molecule has 8 heavy (non-hydrogen) atoms. The largest absolute Gasteiger partial charge is 0.466 e. The summed E-state index contributed by atoms with van der Waals surface area (Å²) in [6, 6.07) is 1.13. The summed E-state index contributed by atoms with van der Waals surface area (Å²) in [5, 5.41) is 0. The molecule has 0 aliphatic rings. The summed E-state index contributed by atoms with van der Waals surface area (Å²) < 4.78 is 5.47. The first-order valence-electron chi connectivity index (χ1n) is 2.96. The van der Waals surface area contributed by atoms with Gasteiger partial charge in [0.25, 0.3) is 0 Å². The molecule has 0 aromatic carbocycles. The molecule has 0 saturated heterocycles. The lowest BCUT2D eigenvalue weighted by Gasteiger charge is -1.94. The van der Waals surface area contributed by atoms with Crippen LogP contribution in [0.15, 0.2) is 12.7 Å². The molecule has 0 aliphatic heterocycles. The minimum absolute atomic E-state index is 0.0913.